The van der Waals surface area contributed by atoms with Crippen LogP contribution in [0, 0.1) is 6.92 Å². The van der Waals surface area contributed by atoms with Gasteiger partial charge in [0.15, 0.2) is 0 Å². The van der Waals surface area contributed by atoms with Crippen LogP contribution in [0.5, 0.6) is 0 Å². The van der Waals surface area contributed by atoms with E-state index in [1.165, 1.54) is 6.08 Å². The van der Waals surface area contributed by atoms with Crippen LogP contribution >= 0.6 is 11.8 Å². The van der Waals surface area contributed by atoms with E-state index in [0.29, 0.717) is 11.6 Å². The first kappa shape index (κ1) is 15.6. The first-order valence-electron chi connectivity index (χ1n) is 6.85. The lowest BCUT2D eigenvalue weighted by molar-refractivity contribution is -0.131. The van der Waals surface area contributed by atoms with Crippen molar-refractivity contribution in [3.63, 3.8) is 0 Å². The molecule has 1 atom stereocenters. The fourth-order valence-electron chi connectivity index (χ4n) is 2.31. The number of nitrogens with zero attached hydrogens (tertiary/aromatic N) is 1. The van der Waals surface area contributed by atoms with E-state index in [4.69, 9.17) is 5.11 Å². The minimum atomic E-state index is -0.994. The van der Waals surface area contributed by atoms with Gasteiger partial charge in [0.2, 0.25) is 0 Å². The molecule has 1 fully saturated rings. The minimum absolute atomic E-state index is 0.00697. The number of carboxylic acids is 1. The van der Waals surface area contributed by atoms with Gasteiger partial charge in [-0.25, -0.2) is 4.79 Å². The van der Waals surface area contributed by atoms with Crippen LogP contribution in [0.1, 0.15) is 27.9 Å². The molecule has 0 radical (unpaired) electrons. The summed E-state index contributed by atoms with van der Waals surface area (Å²) >= 11 is 1.87. The number of carbonyl (C=O) groups is 2. The van der Waals surface area contributed by atoms with E-state index < -0.39 is 5.97 Å². The zero-order valence-corrected chi connectivity index (χ0v) is 13.0. The number of aliphatic carboxylic acids is 1. The summed E-state index contributed by atoms with van der Waals surface area (Å²) in [6.07, 6.45) is 3.65. The summed E-state index contributed by atoms with van der Waals surface area (Å²) in [7, 11) is 1.84. The highest BCUT2D eigenvalue weighted by Gasteiger charge is 2.24. The summed E-state index contributed by atoms with van der Waals surface area (Å²) in [5.74, 6) is 1.08. The van der Waals surface area contributed by atoms with Crippen molar-refractivity contribution in [3.8, 4) is 0 Å². The van der Waals surface area contributed by atoms with Gasteiger partial charge in [-0.2, -0.15) is 11.8 Å². The molecule has 0 saturated carbocycles. The lowest BCUT2D eigenvalue weighted by atomic mass is 10.0. The van der Waals surface area contributed by atoms with Crippen LogP contribution in [0.4, 0.5) is 0 Å². The second-order valence-electron chi connectivity index (χ2n) is 5.18. The lowest BCUT2D eigenvalue weighted by Gasteiger charge is -2.24. The number of rotatable bonds is 4. The van der Waals surface area contributed by atoms with Crippen LogP contribution in [0.15, 0.2) is 24.3 Å². The predicted octanol–water partition coefficient (Wildman–Crippen LogP) is 2.67. The first-order chi connectivity index (χ1) is 9.99. The van der Waals surface area contributed by atoms with Gasteiger partial charge in [-0.15, -0.1) is 0 Å². The number of carbonyl (C=O) groups excluding carboxylic acids is 1. The van der Waals surface area contributed by atoms with Crippen molar-refractivity contribution in [2.45, 2.75) is 19.4 Å². The van der Waals surface area contributed by atoms with E-state index in [1.54, 1.807) is 17.0 Å². The quantitative estimate of drug-likeness (QED) is 0.869. The van der Waals surface area contributed by atoms with E-state index in [1.807, 2.05) is 31.8 Å². The van der Waals surface area contributed by atoms with Crippen molar-refractivity contribution in [1.29, 1.82) is 0 Å². The molecule has 5 heteroatoms. The average molecular weight is 305 g/mol. The summed E-state index contributed by atoms with van der Waals surface area (Å²) < 4.78 is 0. The zero-order valence-electron chi connectivity index (χ0n) is 12.2. The van der Waals surface area contributed by atoms with Crippen molar-refractivity contribution in [3.05, 3.63) is 41.0 Å². The molecule has 1 heterocycles. The van der Waals surface area contributed by atoms with Crippen LogP contribution < -0.4 is 0 Å². The molecular weight excluding hydrogens is 286 g/mol. The van der Waals surface area contributed by atoms with Gasteiger partial charge in [0, 0.05) is 30.5 Å². The van der Waals surface area contributed by atoms with E-state index in [-0.39, 0.29) is 5.91 Å². The van der Waals surface area contributed by atoms with Crippen LogP contribution in [0.25, 0.3) is 6.08 Å². The molecular formula is C16H19NO3S. The summed E-state index contributed by atoms with van der Waals surface area (Å²) in [5, 5.41) is 8.71. The number of hydrogen-bond acceptors (Lipinski definition) is 3. The van der Waals surface area contributed by atoms with Crippen molar-refractivity contribution in [2.75, 3.05) is 18.6 Å². The largest absolute Gasteiger partial charge is 0.478 e. The van der Waals surface area contributed by atoms with E-state index in [9.17, 15) is 9.59 Å². The molecule has 1 N–H and O–H groups in total. The van der Waals surface area contributed by atoms with Gasteiger partial charge in [0.25, 0.3) is 5.91 Å². The highest BCUT2D eigenvalue weighted by Crippen LogP contribution is 2.23. The highest BCUT2D eigenvalue weighted by atomic mass is 32.2. The summed E-state index contributed by atoms with van der Waals surface area (Å²) in [5.41, 5.74) is 2.31. The maximum absolute atomic E-state index is 12.5. The molecule has 0 aliphatic carbocycles. The monoisotopic (exact) mass is 305 g/mol. The molecule has 0 bridgehead atoms. The summed E-state index contributed by atoms with van der Waals surface area (Å²) in [4.78, 5) is 24.9. The third-order valence-electron chi connectivity index (χ3n) is 3.71. The van der Waals surface area contributed by atoms with Gasteiger partial charge in [-0.1, -0.05) is 6.07 Å². The predicted molar refractivity (Wildman–Crippen MR) is 85.7 cm³/mol. The summed E-state index contributed by atoms with van der Waals surface area (Å²) in [6, 6.07) is 5.71. The Balaban J connectivity index is 2.21. The second kappa shape index (κ2) is 6.80. The zero-order chi connectivity index (χ0) is 15.4. The lowest BCUT2D eigenvalue weighted by Crippen LogP contribution is -2.37. The third kappa shape index (κ3) is 3.88. The molecule has 2 rings (SSSR count). The van der Waals surface area contributed by atoms with E-state index >= 15 is 0 Å². The molecule has 1 unspecified atom stereocenters. The number of aryl methyl sites for hydroxylation is 1. The Bertz CT molecular complexity index is 577. The molecule has 1 aliphatic heterocycles. The van der Waals surface area contributed by atoms with Crippen molar-refractivity contribution in [2.24, 2.45) is 0 Å². The minimum Gasteiger partial charge on any atom is -0.478 e. The van der Waals surface area contributed by atoms with Gasteiger partial charge < -0.3 is 10.0 Å². The fraction of sp³-hybridized carbons (Fsp3) is 0.375. The highest BCUT2D eigenvalue weighted by molar-refractivity contribution is 7.99. The number of amides is 1. The van der Waals surface area contributed by atoms with Crippen molar-refractivity contribution in [1.82, 2.24) is 4.90 Å². The van der Waals surface area contributed by atoms with E-state index in [2.05, 4.69) is 0 Å². The van der Waals surface area contributed by atoms with Gasteiger partial charge in [-0.3, -0.25) is 4.79 Å². The molecule has 1 amide bonds. The molecule has 1 saturated heterocycles. The average Bonchev–Trinajstić information content (AvgIpc) is 2.99. The fourth-order valence-corrected chi connectivity index (χ4v) is 3.58. The summed E-state index contributed by atoms with van der Waals surface area (Å²) in [6.45, 7) is 1.90. The Hall–Kier alpha value is -1.75. The Labute approximate surface area is 128 Å². The maximum atomic E-state index is 12.5. The molecule has 4 nitrogen and oxygen atoms in total. The molecule has 1 aromatic carbocycles. The van der Waals surface area contributed by atoms with Crippen LogP contribution in [0.3, 0.4) is 0 Å². The van der Waals surface area contributed by atoms with Crippen molar-refractivity contribution < 1.29 is 14.7 Å². The number of carboxylic acid groups (broad SMARTS) is 1. The van der Waals surface area contributed by atoms with Gasteiger partial charge in [0.1, 0.15) is 0 Å². The SMILES string of the molecule is Cc1ccc(C(=O)N(C)C2CCSC2)cc1/C=C/C(=O)O. The first-order valence-corrected chi connectivity index (χ1v) is 8.01. The Morgan fingerprint density at radius 2 is 2.19 bits per heavy atom. The molecule has 112 valence electrons. The normalized spacial score (nSPS) is 18.1. The molecule has 0 aromatic heterocycles. The number of hydrogen-bond donors (Lipinski definition) is 1. The Morgan fingerprint density at radius 1 is 1.43 bits per heavy atom. The van der Waals surface area contributed by atoms with Gasteiger partial charge in [0.05, 0.1) is 0 Å². The smallest absolute Gasteiger partial charge is 0.328 e. The van der Waals surface area contributed by atoms with Gasteiger partial charge in [-0.05, 0) is 48.4 Å². The maximum Gasteiger partial charge on any atom is 0.328 e. The Morgan fingerprint density at radius 3 is 2.81 bits per heavy atom. The Kier molecular flexibility index (Phi) is 5.07. The van der Waals surface area contributed by atoms with Crippen LogP contribution in [0.2, 0.25) is 0 Å². The third-order valence-corrected chi connectivity index (χ3v) is 4.85. The molecule has 1 aromatic rings. The van der Waals surface area contributed by atoms with Crippen LogP contribution in [-0.4, -0.2) is 46.5 Å². The van der Waals surface area contributed by atoms with Crippen molar-refractivity contribution >= 4 is 29.7 Å². The van der Waals surface area contributed by atoms with Gasteiger partial charge >= 0.3 is 5.97 Å². The molecule has 0 spiro atoms. The number of benzene rings is 1. The topological polar surface area (TPSA) is 57.6 Å². The second-order valence-corrected chi connectivity index (χ2v) is 6.33. The standard InChI is InChI=1S/C16H19NO3S/c1-11-3-4-13(9-12(11)5-6-15(18)19)16(20)17(2)14-7-8-21-10-14/h3-6,9,14H,7-8,10H2,1-2H3,(H,18,19)/b6-5+. The van der Waals surface area contributed by atoms with E-state index in [0.717, 1.165) is 35.1 Å². The number of thioether (sulfide) groups is 1. The van der Waals surface area contributed by atoms with Crippen LogP contribution in [-0.2, 0) is 4.79 Å². The molecule has 1 aliphatic rings. The molecule has 21 heavy (non-hydrogen) atoms.